The number of nitrogens with one attached hydrogen (secondary N) is 1. The number of benzene rings is 3. The highest BCUT2D eigenvalue weighted by molar-refractivity contribution is 5.96. The first-order chi connectivity index (χ1) is 26.7. The average molecular weight is 768 g/mol. The molecule has 1 amide bonds. The zero-order valence-electron chi connectivity index (χ0n) is 31.2. The van der Waals surface area contributed by atoms with Crippen LogP contribution >= 0.6 is 0 Å². The molecule has 3 aromatic rings. The predicted molar refractivity (Wildman–Crippen MR) is 198 cm³/mol. The van der Waals surface area contributed by atoms with Crippen LogP contribution < -0.4 is 5.32 Å². The number of hydrogen-bond acceptors (Lipinski definition) is 12. The predicted octanol–water partition coefficient (Wildman–Crippen LogP) is 3.41. The maximum atomic E-state index is 14.9. The zero-order valence-corrected chi connectivity index (χ0v) is 31.2. The minimum absolute atomic E-state index is 0.0908. The van der Waals surface area contributed by atoms with Crippen LogP contribution in [0.4, 0.5) is 0 Å². The summed E-state index contributed by atoms with van der Waals surface area (Å²) in [4.78, 5) is 68.7. The monoisotopic (exact) mass is 767 g/mol. The van der Waals surface area contributed by atoms with E-state index in [2.05, 4.69) is 5.32 Å². The van der Waals surface area contributed by atoms with Crippen molar-refractivity contribution in [2.24, 2.45) is 17.3 Å². The number of rotatable bonds is 9. The second-order valence-corrected chi connectivity index (χ2v) is 15.4. The molecule has 13 heteroatoms. The van der Waals surface area contributed by atoms with Gasteiger partial charge in [-0.2, -0.15) is 0 Å². The summed E-state index contributed by atoms with van der Waals surface area (Å²) >= 11 is 0. The number of fused-ring (bicyclic) bond motifs is 5. The van der Waals surface area contributed by atoms with Crippen molar-refractivity contribution in [3.05, 3.63) is 119 Å². The lowest BCUT2D eigenvalue weighted by molar-refractivity contribution is -0.264. The summed E-state index contributed by atoms with van der Waals surface area (Å²) in [5, 5.41) is 39.0. The number of Topliss-reactive ketones (excluding diaryl/α,β-unsaturated/α-hetero) is 1. The molecule has 1 aliphatic heterocycles. The van der Waals surface area contributed by atoms with Gasteiger partial charge in [0.05, 0.1) is 35.8 Å². The lowest BCUT2D eigenvalue weighted by atomic mass is 9.50. The summed E-state index contributed by atoms with van der Waals surface area (Å²) < 4.78 is 23.7. The van der Waals surface area contributed by atoms with Crippen molar-refractivity contribution in [3.8, 4) is 0 Å². The Morgan fingerprint density at radius 2 is 1.50 bits per heavy atom. The molecule has 56 heavy (non-hydrogen) atoms. The number of hydrogen-bond donors (Lipinski definition) is 4. The molecule has 7 rings (SSSR count). The summed E-state index contributed by atoms with van der Waals surface area (Å²) in [6.45, 7) is 4.39. The van der Waals surface area contributed by atoms with Gasteiger partial charge in [-0.1, -0.05) is 66.7 Å². The number of esters is 3. The highest BCUT2D eigenvalue weighted by Gasteiger charge is 2.69. The maximum Gasteiger partial charge on any atom is 0.338 e. The number of carbonyl (C=O) groups excluding carboxylic acids is 5. The van der Waals surface area contributed by atoms with Crippen molar-refractivity contribution >= 4 is 29.6 Å². The number of ketones is 1. The van der Waals surface area contributed by atoms with Crippen LogP contribution in [-0.2, 0) is 33.3 Å². The number of ether oxygens (including phenoxy) is 4. The van der Waals surface area contributed by atoms with Gasteiger partial charge in [0.15, 0.2) is 18.0 Å². The highest BCUT2D eigenvalue weighted by atomic mass is 16.6. The second-order valence-electron chi connectivity index (χ2n) is 15.4. The van der Waals surface area contributed by atoms with E-state index in [0.29, 0.717) is 11.1 Å². The fourth-order valence-electron chi connectivity index (χ4n) is 8.96. The Balaban J connectivity index is 1.29. The van der Waals surface area contributed by atoms with E-state index in [4.69, 9.17) is 18.9 Å². The van der Waals surface area contributed by atoms with Gasteiger partial charge in [-0.25, -0.2) is 9.59 Å². The first-order valence-corrected chi connectivity index (χ1v) is 18.7. The molecule has 11 atom stereocenters. The van der Waals surface area contributed by atoms with Crippen LogP contribution in [0.1, 0.15) is 72.4 Å². The third-order valence-electron chi connectivity index (χ3n) is 12.1. The summed E-state index contributed by atoms with van der Waals surface area (Å²) in [7, 11) is 0. The van der Waals surface area contributed by atoms with E-state index in [9.17, 15) is 39.3 Å². The van der Waals surface area contributed by atoms with E-state index in [1.807, 2.05) is 0 Å². The van der Waals surface area contributed by atoms with Crippen molar-refractivity contribution in [1.29, 1.82) is 0 Å². The summed E-state index contributed by atoms with van der Waals surface area (Å²) in [6.07, 6.45) is -8.75. The van der Waals surface area contributed by atoms with Crippen molar-refractivity contribution in [2.75, 3.05) is 6.61 Å². The standard InChI is InChI=1S/C43H45NO12/c1-23-28-20-43(52,21-31(23)55-41(51)35(47)34(25-13-7-4-8-14-25)44-39(49)26-15-9-5-10-16-26)38(56-40(50)27-17-11-6-12-18-27)33-29-22-53-30(29)19-32(46)42(33,3)37(48)36(28)54-24(2)45/h4-18,29-36,38,46-47,52H,19-22H2,1-3H3,(H,44,49)/t29-,30-,31+,32+,33?,34+,35-,36-,38+,42-,43-/m1/s1. The minimum Gasteiger partial charge on any atom is -0.456 e. The molecule has 4 N–H and O–H groups in total. The van der Waals surface area contributed by atoms with E-state index >= 15 is 0 Å². The van der Waals surface area contributed by atoms with Gasteiger partial charge in [0.25, 0.3) is 5.91 Å². The van der Waals surface area contributed by atoms with E-state index in [1.54, 1.807) is 105 Å². The van der Waals surface area contributed by atoms with Crippen molar-refractivity contribution in [2.45, 2.75) is 88.3 Å². The van der Waals surface area contributed by atoms with E-state index in [0.717, 1.165) is 6.92 Å². The lowest BCUT2D eigenvalue weighted by Crippen LogP contribution is -2.72. The molecule has 2 saturated carbocycles. The molecule has 13 nitrogen and oxygen atoms in total. The number of carbonyl (C=O) groups is 5. The quantitative estimate of drug-likeness (QED) is 0.141. The first-order valence-electron chi connectivity index (χ1n) is 18.7. The summed E-state index contributed by atoms with van der Waals surface area (Å²) in [5.41, 5.74) is -2.48. The van der Waals surface area contributed by atoms with Crippen molar-refractivity contribution in [3.63, 3.8) is 0 Å². The SMILES string of the molecule is CC(=O)O[C@H]1C(=O)[C@@]2(C)C([C@@H]3CO[C@@H]3C[C@@H]2O)[C@H](OC(=O)c2ccccc2)[C@@]2(O)CC1=C(C)[C@@H](OC(=O)[C@H](O)[C@@H](NC(=O)c1ccccc1)c1ccccc1)C2. The molecule has 294 valence electrons. The van der Waals surface area contributed by atoms with E-state index in [1.165, 1.54) is 0 Å². The van der Waals surface area contributed by atoms with Crippen LogP contribution in [0.15, 0.2) is 102 Å². The van der Waals surface area contributed by atoms with Crippen LogP contribution in [0.2, 0.25) is 0 Å². The molecule has 4 aliphatic rings. The molecule has 0 radical (unpaired) electrons. The number of amides is 1. The first kappa shape index (κ1) is 39.0. The molecule has 1 saturated heterocycles. The van der Waals surface area contributed by atoms with E-state index < -0.39 is 95.1 Å². The Bertz CT molecular complexity index is 2020. The Labute approximate surface area is 323 Å². The van der Waals surface area contributed by atoms with Crippen molar-refractivity contribution < 1.29 is 58.2 Å². The van der Waals surface area contributed by atoms with Gasteiger partial charge in [-0.3, -0.25) is 14.4 Å². The van der Waals surface area contributed by atoms with E-state index in [-0.39, 0.29) is 42.6 Å². The normalized spacial score (nSPS) is 31.8. The average Bonchev–Trinajstić information content (AvgIpc) is 3.19. The van der Waals surface area contributed by atoms with Gasteiger partial charge >= 0.3 is 17.9 Å². The molecule has 3 aromatic carbocycles. The fraction of sp³-hybridized carbons (Fsp3) is 0.419. The lowest BCUT2D eigenvalue weighted by Gasteiger charge is -2.61. The molecular formula is C43H45NO12. The molecule has 3 aliphatic carbocycles. The van der Waals surface area contributed by atoms with Crippen LogP contribution in [0.3, 0.4) is 0 Å². The van der Waals surface area contributed by atoms with Gasteiger partial charge in [0.1, 0.15) is 17.8 Å². The summed E-state index contributed by atoms with van der Waals surface area (Å²) in [6, 6.07) is 23.5. The van der Waals surface area contributed by atoms with Gasteiger partial charge in [-0.05, 0) is 54.8 Å². The zero-order chi connectivity index (χ0) is 39.9. The number of aliphatic hydroxyl groups excluding tert-OH is 2. The van der Waals surface area contributed by atoms with Crippen LogP contribution in [0.5, 0.6) is 0 Å². The molecule has 0 spiro atoms. The maximum absolute atomic E-state index is 14.9. The number of aliphatic hydroxyl groups is 3. The molecule has 0 aromatic heterocycles. The molecule has 1 unspecified atom stereocenters. The fourth-order valence-corrected chi connectivity index (χ4v) is 8.96. The summed E-state index contributed by atoms with van der Waals surface area (Å²) in [5.74, 6) is -5.43. The molecule has 2 bridgehead atoms. The molecular weight excluding hydrogens is 722 g/mol. The van der Waals surface area contributed by atoms with Crippen LogP contribution in [-0.4, -0.2) is 93.7 Å². The van der Waals surface area contributed by atoms with Gasteiger partial charge < -0.3 is 39.6 Å². The minimum atomic E-state index is -2.06. The third-order valence-corrected chi connectivity index (χ3v) is 12.1. The van der Waals surface area contributed by atoms with Crippen LogP contribution in [0.25, 0.3) is 0 Å². The largest absolute Gasteiger partial charge is 0.456 e. The highest BCUT2D eigenvalue weighted by Crippen LogP contribution is 2.58. The van der Waals surface area contributed by atoms with Gasteiger partial charge in [-0.15, -0.1) is 0 Å². The molecule has 3 fully saturated rings. The Morgan fingerprint density at radius 3 is 2.09 bits per heavy atom. The molecule has 1 heterocycles. The Morgan fingerprint density at radius 1 is 0.893 bits per heavy atom. The van der Waals surface area contributed by atoms with Gasteiger partial charge in [0, 0.05) is 43.6 Å². The van der Waals surface area contributed by atoms with Crippen LogP contribution in [0, 0.1) is 17.3 Å². The topological polar surface area (TPSA) is 195 Å². The second kappa shape index (κ2) is 15.4. The third kappa shape index (κ3) is 7.04. The van der Waals surface area contributed by atoms with Gasteiger partial charge in [0.2, 0.25) is 0 Å². The van der Waals surface area contributed by atoms with Crippen molar-refractivity contribution in [1.82, 2.24) is 5.32 Å². The Hall–Kier alpha value is -5.21. The smallest absolute Gasteiger partial charge is 0.338 e. The Kier molecular flexibility index (Phi) is 10.7.